The number of hydrogen-bond acceptors (Lipinski definition) is 4. The first-order valence-corrected chi connectivity index (χ1v) is 5.26. The molecule has 4 N–H and O–H groups in total. The molecular formula is C10H22O4. The minimum absolute atomic E-state index is 0.0463. The molecule has 0 aromatic rings. The van der Waals surface area contributed by atoms with Crippen molar-refractivity contribution < 1.29 is 20.4 Å². The Kier molecular flexibility index (Phi) is 8.08. The summed E-state index contributed by atoms with van der Waals surface area (Å²) >= 11 is 0. The molecule has 0 amide bonds. The summed E-state index contributed by atoms with van der Waals surface area (Å²) in [5, 5.41) is 36.7. The third-order valence-electron chi connectivity index (χ3n) is 2.24. The Labute approximate surface area is 85.2 Å². The fraction of sp³-hybridized carbons (Fsp3) is 1.00. The van der Waals surface area contributed by atoms with Gasteiger partial charge in [-0.2, -0.15) is 0 Å². The number of aliphatic hydroxyl groups is 4. The molecule has 0 fully saturated rings. The lowest BCUT2D eigenvalue weighted by Gasteiger charge is -2.19. The van der Waals surface area contributed by atoms with Gasteiger partial charge in [0.05, 0.1) is 18.3 Å². The lowest BCUT2D eigenvalue weighted by molar-refractivity contribution is -0.0180. The number of rotatable bonds is 8. The van der Waals surface area contributed by atoms with Crippen LogP contribution in [0.2, 0.25) is 0 Å². The lowest BCUT2D eigenvalue weighted by Crippen LogP contribution is -2.30. The minimum Gasteiger partial charge on any atom is -0.396 e. The summed E-state index contributed by atoms with van der Waals surface area (Å²) < 4.78 is 0. The third-order valence-corrected chi connectivity index (χ3v) is 2.24. The predicted molar refractivity (Wildman–Crippen MR) is 53.9 cm³/mol. The minimum atomic E-state index is -0.858. The Morgan fingerprint density at radius 2 is 1.64 bits per heavy atom. The first-order chi connectivity index (χ1) is 6.61. The van der Waals surface area contributed by atoms with E-state index < -0.39 is 18.3 Å². The van der Waals surface area contributed by atoms with Gasteiger partial charge in [-0.3, -0.25) is 0 Å². The molecule has 0 aliphatic heterocycles. The molecule has 0 saturated carbocycles. The molecule has 0 heterocycles. The molecule has 4 nitrogen and oxygen atoms in total. The fourth-order valence-electron chi connectivity index (χ4n) is 1.37. The summed E-state index contributed by atoms with van der Waals surface area (Å²) in [6.07, 6.45) is 0.292. The SMILES string of the molecule is CCCC(O)C(O)CC(O)CCCO. The second-order valence-electron chi connectivity index (χ2n) is 3.68. The highest BCUT2D eigenvalue weighted by Gasteiger charge is 2.18. The van der Waals surface area contributed by atoms with Gasteiger partial charge in [0.1, 0.15) is 0 Å². The molecular weight excluding hydrogens is 184 g/mol. The van der Waals surface area contributed by atoms with E-state index in [2.05, 4.69) is 0 Å². The monoisotopic (exact) mass is 206 g/mol. The molecule has 0 bridgehead atoms. The molecule has 0 saturated heterocycles. The van der Waals surface area contributed by atoms with Gasteiger partial charge in [0.25, 0.3) is 0 Å². The maximum atomic E-state index is 9.45. The van der Waals surface area contributed by atoms with Gasteiger partial charge in [0, 0.05) is 13.0 Å². The molecule has 14 heavy (non-hydrogen) atoms. The van der Waals surface area contributed by atoms with Gasteiger partial charge < -0.3 is 20.4 Å². The molecule has 0 aliphatic rings. The van der Waals surface area contributed by atoms with Crippen molar-refractivity contribution in [3.63, 3.8) is 0 Å². The molecule has 0 aromatic carbocycles. The average molecular weight is 206 g/mol. The van der Waals surface area contributed by atoms with Gasteiger partial charge in [-0.1, -0.05) is 13.3 Å². The van der Waals surface area contributed by atoms with Crippen molar-refractivity contribution in [2.45, 2.75) is 57.3 Å². The number of aliphatic hydroxyl groups excluding tert-OH is 4. The van der Waals surface area contributed by atoms with E-state index in [1.165, 1.54) is 0 Å². The molecule has 0 rings (SSSR count). The Balaban J connectivity index is 3.63. The van der Waals surface area contributed by atoms with E-state index in [1.54, 1.807) is 0 Å². The molecule has 0 aromatic heterocycles. The van der Waals surface area contributed by atoms with Crippen LogP contribution in [-0.4, -0.2) is 45.3 Å². The molecule has 3 atom stereocenters. The fourth-order valence-corrected chi connectivity index (χ4v) is 1.37. The largest absolute Gasteiger partial charge is 0.396 e. The van der Waals surface area contributed by atoms with Crippen molar-refractivity contribution >= 4 is 0 Å². The zero-order valence-electron chi connectivity index (χ0n) is 8.76. The second-order valence-corrected chi connectivity index (χ2v) is 3.68. The molecule has 4 heteroatoms. The van der Waals surface area contributed by atoms with E-state index in [-0.39, 0.29) is 13.0 Å². The highest BCUT2D eigenvalue weighted by Crippen LogP contribution is 2.11. The van der Waals surface area contributed by atoms with Gasteiger partial charge in [-0.15, -0.1) is 0 Å². The van der Waals surface area contributed by atoms with Crippen LogP contribution in [0, 0.1) is 0 Å². The van der Waals surface area contributed by atoms with Crippen molar-refractivity contribution in [2.24, 2.45) is 0 Å². The standard InChI is InChI=1S/C10H22O4/c1-2-4-9(13)10(14)7-8(12)5-3-6-11/h8-14H,2-7H2,1H3. The molecule has 0 radical (unpaired) electrons. The molecule has 0 spiro atoms. The van der Waals surface area contributed by atoms with Gasteiger partial charge in [-0.25, -0.2) is 0 Å². The second kappa shape index (κ2) is 8.17. The normalized spacial score (nSPS) is 17.8. The Bertz CT molecular complexity index is 129. The zero-order valence-corrected chi connectivity index (χ0v) is 8.76. The van der Waals surface area contributed by atoms with E-state index in [9.17, 15) is 15.3 Å². The molecule has 86 valence electrons. The first kappa shape index (κ1) is 13.8. The summed E-state index contributed by atoms with van der Waals surface area (Å²) in [4.78, 5) is 0. The van der Waals surface area contributed by atoms with E-state index >= 15 is 0 Å². The van der Waals surface area contributed by atoms with Crippen LogP contribution >= 0.6 is 0 Å². The smallest absolute Gasteiger partial charge is 0.0823 e. The van der Waals surface area contributed by atoms with Crippen LogP contribution in [0.4, 0.5) is 0 Å². The van der Waals surface area contributed by atoms with Crippen LogP contribution in [-0.2, 0) is 0 Å². The van der Waals surface area contributed by atoms with Crippen LogP contribution in [0.25, 0.3) is 0 Å². The van der Waals surface area contributed by atoms with Crippen molar-refractivity contribution in [3.05, 3.63) is 0 Å². The van der Waals surface area contributed by atoms with E-state index in [4.69, 9.17) is 5.11 Å². The highest BCUT2D eigenvalue weighted by molar-refractivity contribution is 4.70. The van der Waals surface area contributed by atoms with Crippen molar-refractivity contribution in [3.8, 4) is 0 Å². The van der Waals surface area contributed by atoms with E-state index in [0.717, 1.165) is 6.42 Å². The van der Waals surface area contributed by atoms with Gasteiger partial charge in [0.2, 0.25) is 0 Å². The summed E-state index contributed by atoms with van der Waals surface area (Å²) in [5.74, 6) is 0. The van der Waals surface area contributed by atoms with E-state index in [0.29, 0.717) is 19.3 Å². The third kappa shape index (κ3) is 6.32. The van der Waals surface area contributed by atoms with Crippen LogP contribution in [0.5, 0.6) is 0 Å². The summed E-state index contributed by atoms with van der Waals surface area (Å²) in [7, 11) is 0. The van der Waals surface area contributed by atoms with Gasteiger partial charge in [0.15, 0.2) is 0 Å². The van der Waals surface area contributed by atoms with Crippen molar-refractivity contribution in [1.29, 1.82) is 0 Å². The Morgan fingerprint density at radius 3 is 2.14 bits per heavy atom. The van der Waals surface area contributed by atoms with E-state index in [1.807, 2.05) is 6.92 Å². The summed E-state index contributed by atoms with van der Waals surface area (Å²) in [6.45, 7) is 1.97. The topological polar surface area (TPSA) is 80.9 Å². The lowest BCUT2D eigenvalue weighted by atomic mass is 10.0. The Morgan fingerprint density at radius 1 is 1.00 bits per heavy atom. The first-order valence-electron chi connectivity index (χ1n) is 5.26. The van der Waals surface area contributed by atoms with Crippen molar-refractivity contribution in [1.82, 2.24) is 0 Å². The summed E-state index contributed by atoms with van der Waals surface area (Å²) in [5.41, 5.74) is 0. The molecule has 0 aliphatic carbocycles. The van der Waals surface area contributed by atoms with Gasteiger partial charge >= 0.3 is 0 Å². The average Bonchev–Trinajstić information content (AvgIpc) is 2.15. The van der Waals surface area contributed by atoms with Crippen molar-refractivity contribution in [2.75, 3.05) is 6.61 Å². The summed E-state index contributed by atoms with van der Waals surface area (Å²) in [6, 6.07) is 0. The van der Waals surface area contributed by atoms with Crippen LogP contribution in [0.1, 0.15) is 39.0 Å². The van der Waals surface area contributed by atoms with Crippen LogP contribution < -0.4 is 0 Å². The maximum Gasteiger partial charge on any atom is 0.0823 e. The maximum absolute atomic E-state index is 9.45. The van der Waals surface area contributed by atoms with Crippen LogP contribution in [0.3, 0.4) is 0 Å². The van der Waals surface area contributed by atoms with Gasteiger partial charge in [-0.05, 0) is 19.3 Å². The quantitative estimate of drug-likeness (QED) is 0.452. The predicted octanol–water partition coefficient (Wildman–Crippen LogP) is 0.0318. The zero-order chi connectivity index (χ0) is 11.0. The molecule has 3 unspecified atom stereocenters. The van der Waals surface area contributed by atoms with Crippen LogP contribution in [0.15, 0.2) is 0 Å². The number of hydrogen-bond donors (Lipinski definition) is 4. The Hall–Kier alpha value is -0.160. The highest BCUT2D eigenvalue weighted by atomic mass is 16.3.